The van der Waals surface area contributed by atoms with E-state index in [9.17, 15) is 0 Å². The van der Waals surface area contributed by atoms with Crippen LogP contribution in [0.4, 0.5) is 0 Å². The molecule has 2 rings (SSSR count). The summed E-state index contributed by atoms with van der Waals surface area (Å²) in [6.07, 6.45) is 0. The van der Waals surface area contributed by atoms with Gasteiger partial charge in [-0.15, -0.1) is 0 Å². The fourth-order valence-electron chi connectivity index (χ4n) is 2.20. The van der Waals surface area contributed by atoms with Crippen LogP contribution in [-0.2, 0) is 20.6 Å². The number of hydrogen-bond acceptors (Lipinski definition) is 4. The van der Waals surface area contributed by atoms with Crippen LogP contribution in [0.25, 0.3) is 0 Å². The van der Waals surface area contributed by atoms with Gasteiger partial charge in [0.25, 0.3) is 0 Å². The fourth-order valence-corrected chi connectivity index (χ4v) is 2.20. The average molecular weight is 291 g/mol. The highest BCUT2D eigenvalue weighted by Crippen LogP contribution is 2.36. The minimum Gasteiger partial charge on any atom is -0.399 e. The summed E-state index contributed by atoms with van der Waals surface area (Å²) in [5.74, 6) is 0. The Morgan fingerprint density at radius 2 is 1.67 bits per heavy atom. The van der Waals surface area contributed by atoms with Crippen molar-refractivity contribution >= 4 is 19.4 Å². The average Bonchev–Trinajstić information content (AvgIpc) is 2.64. The fraction of sp³-hybridized carbons (Fsp3) is 0.562. The Morgan fingerprint density at radius 3 is 2.14 bits per heavy atom. The zero-order valence-electron chi connectivity index (χ0n) is 13.9. The summed E-state index contributed by atoms with van der Waals surface area (Å²) in [5.41, 5.74) is 3.09. The Hall–Kier alpha value is -1.17. The van der Waals surface area contributed by atoms with E-state index in [1.807, 2.05) is 13.8 Å². The molecule has 4 nitrogen and oxygen atoms in total. The zero-order valence-corrected chi connectivity index (χ0v) is 13.9. The second-order valence-electron chi connectivity index (χ2n) is 6.30. The molecule has 0 amide bonds. The van der Waals surface area contributed by atoms with Crippen LogP contribution >= 0.6 is 0 Å². The topological polar surface area (TPSA) is 47.6 Å². The summed E-state index contributed by atoms with van der Waals surface area (Å²) in [4.78, 5) is 8.00. The summed E-state index contributed by atoms with van der Waals surface area (Å²) in [6, 6.07) is 6.40. The molecule has 116 valence electrons. The molecular formula is C16H26BNO3. The first-order chi connectivity index (χ1) is 9.77. The molecule has 1 fully saturated rings. The Balaban J connectivity index is 0.00000106. The van der Waals surface area contributed by atoms with Gasteiger partial charge in [-0.05, 0) is 58.3 Å². The number of hydrogen-bond donors (Lipinski definition) is 1. The first kappa shape index (κ1) is 17.9. The van der Waals surface area contributed by atoms with Crippen LogP contribution in [0.3, 0.4) is 0 Å². The van der Waals surface area contributed by atoms with E-state index in [0.717, 1.165) is 12.0 Å². The molecule has 0 aliphatic carbocycles. The van der Waals surface area contributed by atoms with Gasteiger partial charge in [0.1, 0.15) is 6.79 Å². The van der Waals surface area contributed by atoms with Gasteiger partial charge in [0.05, 0.1) is 11.2 Å². The van der Waals surface area contributed by atoms with Crippen molar-refractivity contribution in [3.8, 4) is 0 Å². The quantitative estimate of drug-likeness (QED) is 0.863. The van der Waals surface area contributed by atoms with Gasteiger partial charge in [0.15, 0.2) is 0 Å². The van der Waals surface area contributed by atoms with Crippen molar-refractivity contribution in [2.75, 3.05) is 7.05 Å². The largest absolute Gasteiger partial charge is 0.494 e. The van der Waals surface area contributed by atoms with E-state index < -0.39 is 0 Å². The Kier molecular flexibility index (Phi) is 5.73. The number of nitrogens with one attached hydrogen (secondary N) is 1. The van der Waals surface area contributed by atoms with Gasteiger partial charge in [0, 0.05) is 6.54 Å². The van der Waals surface area contributed by atoms with Crippen molar-refractivity contribution in [3.63, 3.8) is 0 Å². The van der Waals surface area contributed by atoms with Crippen LogP contribution in [0, 0.1) is 6.92 Å². The number of carbonyl (C=O) groups is 1. The Morgan fingerprint density at radius 1 is 1.14 bits per heavy atom. The van der Waals surface area contributed by atoms with Crippen molar-refractivity contribution in [3.05, 3.63) is 29.3 Å². The molecule has 0 radical (unpaired) electrons. The standard InChI is InChI=1S/C15H24BNO2.CH2O/c1-11-7-8-13(9-12(11)10-17-6)16-18-14(2,3)15(4,5)19-16;1-2/h7-9,17H,10H2,1-6H3;1H2. The molecule has 5 heteroatoms. The second-order valence-corrected chi connectivity index (χ2v) is 6.30. The molecule has 1 heterocycles. The van der Waals surface area contributed by atoms with Crippen LogP contribution in [0.1, 0.15) is 38.8 Å². The molecule has 0 spiro atoms. The van der Waals surface area contributed by atoms with Crippen molar-refractivity contribution in [2.45, 2.75) is 52.4 Å². The highest BCUT2D eigenvalue weighted by Gasteiger charge is 2.51. The molecule has 21 heavy (non-hydrogen) atoms. The lowest BCUT2D eigenvalue weighted by Crippen LogP contribution is -2.41. The van der Waals surface area contributed by atoms with Gasteiger partial charge in [-0.2, -0.15) is 0 Å². The smallest absolute Gasteiger partial charge is 0.399 e. The van der Waals surface area contributed by atoms with Crippen LogP contribution < -0.4 is 10.8 Å². The third kappa shape index (κ3) is 3.73. The van der Waals surface area contributed by atoms with E-state index in [-0.39, 0.29) is 18.3 Å². The van der Waals surface area contributed by atoms with Crippen molar-refractivity contribution in [2.24, 2.45) is 0 Å². The molecule has 0 atom stereocenters. The van der Waals surface area contributed by atoms with Crippen molar-refractivity contribution in [1.29, 1.82) is 0 Å². The van der Waals surface area contributed by atoms with Gasteiger partial charge < -0.3 is 19.4 Å². The van der Waals surface area contributed by atoms with E-state index >= 15 is 0 Å². The number of carbonyl (C=O) groups excluding carboxylic acids is 1. The maximum absolute atomic E-state index is 8.00. The van der Waals surface area contributed by atoms with E-state index in [2.05, 4.69) is 58.1 Å². The highest BCUT2D eigenvalue weighted by molar-refractivity contribution is 6.62. The summed E-state index contributed by atoms with van der Waals surface area (Å²) in [5, 5.41) is 3.19. The maximum Gasteiger partial charge on any atom is 0.494 e. The van der Waals surface area contributed by atoms with Crippen molar-refractivity contribution < 1.29 is 14.1 Å². The molecule has 0 saturated carbocycles. The molecular weight excluding hydrogens is 265 g/mol. The molecule has 0 aromatic heterocycles. The Bertz CT molecular complexity index is 472. The van der Waals surface area contributed by atoms with E-state index in [1.54, 1.807) is 0 Å². The lowest BCUT2D eigenvalue weighted by molar-refractivity contribution is -0.0979. The predicted octanol–water partition coefficient (Wildman–Crippen LogP) is 1.83. The first-order valence-electron chi connectivity index (χ1n) is 7.15. The SMILES string of the molecule is C=O.CNCc1cc(B2OC(C)(C)C(C)(C)O2)ccc1C. The molecule has 1 aliphatic rings. The summed E-state index contributed by atoms with van der Waals surface area (Å²) >= 11 is 0. The van der Waals surface area contributed by atoms with Gasteiger partial charge >= 0.3 is 7.12 Å². The lowest BCUT2D eigenvalue weighted by atomic mass is 9.78. The molecule has 1 aliphatic heterocycles. The summed E-state index contributed by atoms with van der Waals surface area (Å²) in [6.45, 7) is 13.3. The number of rotatable bonds is 3. The third-order valence-corrected chi connectivity index (χ3v) is 4.27. The van der Waals surface area contributed by atoms with E-state index in [1.165, 1.54) is 11.1 Å². The molecule has 1 saturated heterocycles. The zero-order chi connectivity index (χ0) is 16.3. The Labute approximate surface area is 128 Å². The van der Waals surface area contributed by atoms with Crippen LogP contribution in [0.5, 0.6) is 0 Å². The molecule has 0 bridgehead atoms. The summed E-state index contributed by atoms with van der Waals surface area (Å²) < 4.78 is 12.2. The predicted molar refractivity (Wildman–Crippen MR) is 86.8 cm³/mol. The van der Waals surface area contributed by atoms with E-state index in [0.29, 0.717) is 0 Å². The highest BCUT2D eigenvalue weighted by atomic mass is 16.7. The molecule has 0 unspecified atom stereocenters. The minimum atomic E-state index is -0.286. The third-order valence-electron chi connectivity index (χ3n) is 4.27. The maximum atomic E-state index is 8.00. The minimum absolute atomic E-state index is 0.277. The van der Waals surface area contributed by atoms with Gasteiger partial charge in [-0.25, -0.2) is 0 Å². The van der Waals surface area contributed by atoms with Gasteiger partial charge in [-0.1, -0.05) is 18.2 Å². The molecule has 1 aromatic rings. The normalized spacial score (nSPS) is 19.0. The van der Waals surface area contributed by atoms with Gasteiger partial charge in [0.2, 0.25) is 0 Å². The van der Waals surface area contributed by atoms with Gasteiger partial charge in [-0.3, -0.25) is 0 Å². The molecule has 1 aromatic carbocycles. The van der Waals surface area contributed by atoms with Crippen LogP contribution in [-0.4, -0.2) is 32.2 Å². The lowest BCUT2D eigenvalue weighted by Gasteiger charge is -2.32. The monoisotopic (exact) mass is 291 g/mol. The second kappa shape index (κ2) is 6.73. The van der Waals surface area contributed by atoms with E-state index in [4.69, 9.17) is 14.1 Å². The number of benzene rings is 1. The number of aryl methyl sites for hydroxylation is 1. The van der Waals surface area contributed by atoms with Crippen molar-refractivity contribution in [1.82, 2.24) is 5.32 Å². The van der Waals surface area contributed by atoms with Crippen LogP contribution in [0.2, 0.25) is 0 Å². The summed E-state index contributed by atoms with van der Waals surface area (Å²) in [7, 11) is 1.68. The van der Waals surface area contributed by atoms with Crippen LogP contribution in [0.15, 0.2) is 18.2 Å². The molecule has 1 N–H and O–H groups in total. The first-order valence-corrected chi connectivity index (χ1v) is 7.15.